The van der Waals surface area contributed by atoms with Gasteiger partial charge in [0.05, 0.1) is 24.9 Å². The van der Waals surface area contributed by atoms with Crippen LogP contribution in [0.5, 0.6) is 17.2 Å². The smallest absolute Gasteiger partial charge is 0.296 e. The number of hydrogen-bond acceptors (Lipinski definition) is 8. The maximum Gasteiger partial charge on any atom is 0.296 e. The molecule has 2 aromatic heterocycles. The minimum atomic E-state index is -0.442. The van der Waals surface area contributed by atoms with Crippen LogP contribution in [0.1, 0.15) is 44.0 Å². The Balaban J connectivity index is 1.62. The van der Waals surface area contributed by atoms with Crippen molar-refractivity contribution in [3.63, 3.8) is 0 Å². The molecule has 0 bridgehead atoms. The van der Waals surface area contributed by atoms with Gasteiger partial charge in [-0.15, -0.1) is 0 Å². The third-order valence-electron chi connectivity index (χ3n) is 5.28. The number of methoxy groups -OCH3 is 1. The lowest BCUT2D eigenvalue weighted by Gasteiger charge is -2.12. The summed E-state index contributed by atoms with van der Waals surface area (Å²) in [7, 11) is 1.58. The topological polar surface area (TPSA) is 92.0 Å². The Morgan fingerprint density at radius 1 is 1.06 bits per heavy atom. The lowest BCUT2D eigenvalue weighted by atomic mass is 10.1. The quantitative estimate of drug-likeness (QED) is 0.325. The molecule has 0 aliphatic carbocycles. The molecule has 0 atom stereocenters. The standard InChI is InChI=1S/C27H29N3O5S/c1-5-12-34-20-9-6-18(7-10-20)13-21-25(31)28-27-30(29-21)26(32)24(36-27)15-19-8-11-22(23(14-19)33-4)35-16-17(2)3/h6-11,14-15,17H,5,12-13,16H2,1-4H3. The Hall–Kier alpha value is -3.72. The zero-order chi connectivity index (χ0) is 25.7. The highest BCUT2D eigenvalue weighted by atomic mass is 32.1. The van der Waals surface area contributed by atoms with Crippen LogP contribution in [-0.4, -0.2) is 34.9 Å². The first kappa shape index (κ1) is 25.4. The Morgan fingerprint density at radius 3 is 2.53 bits per heavy atom. The van der Waals surface area contributed by atoms with Crippen LogP contribution in [0.25, 0.3) is 11.0 Å². The van der Waals surface area contributed by atoms with Gasteiger partial charge in [0.2, 0.25) is 4.96 Å². The van der Waals surface area contributed by atoms with Crippen LogP contribution in [0.3, 0.4) is 0 Å². The second kappa shape index (κ2) is 11.3. The van der Waals surface area contributed by atoms with Gasteiger partial charge < -0.3 is 14.2 Å². The van der Waals surface area contributed by atoms with Crippen LogP contribution in [0, 0.1) is 5.92 Å². The fourth-order valence-electron chi connectivity index (χ4n) is 3.47. The molecule has 2 aromatic carbocycles. The molecule has 0 radical (unpaired) electrons. The van der Waals surface area contributed by atoms with Crippen molar-refractivity contribution >= 4 is 22.4 Å². The van der Waals surface area contributed by atoms with Gasteiger partial charge in [-0.25, -0.2) is 0 Å². The maximum atomic E-state index is 13.1. The van der Waals surface area contributed by atoms with Gasteiger partial charge in [0, 0.05) is 6.42 Å². The van der Waals surface area contributed by atoms with Crippen LogP contribution in [-0.2, 0) is 6.42 Å². The number of fused-ring (bicyclic) bond motifs is 1. The number of aromatic nitrogens is 3. The molecular weight excluding hydrogens is 478 g/mol. The molecule has 0 saturated carbocycles. The molecule has 0 aliphatic rings. The van der Waals surface area contributed by atoms with Gasteiger partial charge in [-0.2, -0.15) is 14.6 Å². The SMILES string of the molecule is CCCOc1ccc(Cc2nn3c(=O)c(=Cc4ccc(OCC(C)C)c(OC)c4)sc3nc2=O)cc1. The molecule has 8 nitrogen and oxygen atoms in total. The summed E-state index contributed by atoms with van der Waals surface area (Å²) in [6, 6.07) is 13.0. The number of benzene rings is 2. The molecule has 0 spiro atoms. The summed E-state index contributed by atoms with van der Waals surface area (Å²) in [4.78, 5) is 30.0. The van der Waals surface area contributed by atoms with E-state index in [9.17, 15) is 9.59 Å². The van der Waals surface area contributed by atoms with Gasteiger partial charge in [0.25, 0.3) is 11.1 Å². The predicted octanol–water partition coefficient (Wildman–Crippen LogP) is 3.48. The van der Waals surface area contributed by atoms with Crippen molar-refractivity contribution in [2.24, 2.45) is 5.92 Å². The van der Waals surface area contributed by atoms with Crippen molar-refractivity contribution in [1.82, 2.24) is 14.6 Å². The van der Waals surface area contributed by atoms with E-state index in [4.69, 9.17) is 14.2 Å². The molecule has 2 heterocycles. The van der Waals surface area contributed by atoms with Crippen molar-refractivity contribution in [3.8, 4) is 17.2 Å². The zero-order valence-electron chi connectivity index (χ0n) is 20.8. The number of nitrogens with zero attached hydrogens (tertiary/aromatic N) is 3. The van der Waals surface area contributed by atoms with Gasteiger partial charge >= 0.3 is 0 Å². The fraction of sp³-hybridized carbons (Fsp3) is 0.333. The minimum absolute atomic E-state index is 0.212. The van der Waals surface area contributed by atoms with E-state index in [1.165, 1.54) is 4.52 Å². The summed E-state index contributed by atoms with van der Waals surface area (Å²) in [5.41, 5.74) is 1.09. The van der Waals surface area contributed by atoms with E-state index in [1.807, 2.05) is 49.4 Å². The van der Waals surface area contributed by atoms with Crippen LogP contribution in [0.4, 0.5) is 0 Å². The molecule has 0 unspecified atom stereocenters. The van der Waals surface area contributed by atoms with Crippen LogP contribution >= 0.6 is 11.3 Å². The maximum absolute atomic E-state index is 13.1. The average molecular weight is 508 g/mol. The van der Waals surface area contributed by atoms with Crippen molar-refractivity contribution in [3.05, 3.63) is 84.5 Å². The Kier molecular flexibility index (Phi) is 8.00. The Morgan fingerprint density at radius 2 is 1.83 bits per heavy atom. The first-order chi connectivity index (χ1) is 17.4. The monoisotopic (exact) mass is 507 g/mol. The lowest BCUT2D eigenvalue weighted by molar-refractivity contribution is 0.257. The molecule has 0 aliphatic heterocycles. The van der Waals surface area contributed by atoms with Gasteiger partial charge in [-0.1, -0.05) is 50.3 Å². The average Bonchev–Trinajstić information content (AvgIpc) is 3.16. The molecule has 0 fully saturated rings. The summed E-state index contributed by atoms with van der Waals surface area (Å²) in [5, 5.41) is 4.34. The number of rotatable bonds is 10. The number of thiazole rings is 1. The lowest BCUT2D eigenvalue weighted by Crippen LogP contribution is -2.28. The van der Waals surface area contributed by atoms with E-state index in [2.05, 4.69) is 23.9 Å². The van der Waals surface area contributed by atoms with Gasteiger partial charge in [-0.05, 0) is 53.8 Å². The van der Waals surface area contributed by atoms with Crippen LogP contribution in [0.2, 0.25) is 0 Å². The second-order valence-corrected chi connectivity index (χ2v) is 9.77. The highest BCUT2D eigenvalue weighted by Gasteiger charge is 2.13. The molecule has 0 N–H and O–H groups in total. The highest BCUT2D eigenvalue weighted by Crippen LogP contribution is 2.28. The van der Waals surface area contributed by atoms with Crippen molar-refractivity contribution < 1.29 is 14.2 Å². The minimum Gasteiger partial charge on any atom is -0.494 e. The molecule has 36 heavy (non-hydrogen) atoms. The van der Waals surface area contributed by atoms with E-state index in [1.54, 1.807) is 13.2 Å². The third kappa shape index (κ3) is 5.91. The van der Waals surface area contributed by atoms with Crippen molar-refractivity contribution in [1.29, 1.82) is 0 Å². The van der Waals surface area contributed by atoms with Gasteiger partial charge in [-0.3, -0.25) is 9.59 Å². The molecule has 4 rings (SSSR count). The van der Waals surface area contributed by atoms with E-state index >= 15 is 0 Å². The normalized spacial score (nSPS) is 11.9. The first-order valence-electron chi connectivity index (χ1n) is 11.8. The predicted molar refractivity (Wildman–Crippen MR) is 141 cm³/mol. The molecule has 0 saturated heterocycles. The van der Waals surface area contributed by atoms with E-state index in [0.717, 1.165) is 34.6 Å². The molecule has 0 amide bonds. The van der Waals surface area contributed by atoms with Crippen LogP contribution < -0.4 is 29.9 Å². The Bertz CT molecular complexity index is 1510. The third-order valence-corrected chi connectivity index (χ3v) is 6.23. The van der Waals surface area contributed by atoms with E-state index in [0.29, 0.717) is 35.2 Å². The summed E-state index contributed by atoms with van der Waals surface area (Å²) in [6.45, 7) is 7.42. The van der Waals surface area contributed by atoms with Crippen molar-refractivity contribution in [2.75, 3.05) is 20.3 Å². The van der Waals surface area contributed by atoms with Gasteiger partial charge in [0.15, 0.2) is 11.5 Å². The number of hydrogen-bond donors (Lipinski definition) is 0. The molecule has 4 aromatic rings. The van der Waals surface area contributed by atoms with Crippen LogP contribution in [0.15, 0.2) is 52.1 Å². The largest absolute Gasteiger partial charge is 0.494 e. The highest BCUT2D eigenvalue weighted by molar-refractivity contribution is 7.15. The summed E-state index contributed by atoms with van der Waals surface area (Å²) >= 11 is 1.12. The van der Waals surface area contributed by atoms with E-state index < -0.39 is 5.56 Å². The molecular formula is C27H29N3O5S. The van der Waals surface area contributed by atoms with Gasteiger partial charge in [0.1, 0.15) is 11.4 Å². The summed E-state index contributed by atoms with van der Waals surface area (Å²) < 4.78 is 18.5. The van der Waals surface area contributed by atoms with E-state index in [-0.39, 0.29) is 22.6 Å². The fourth-order valence-corrected chi connectivity index (χ4v) is 4.37. The zero-order valence-corrected chi connectivity index (χ0v) is 21.6. The first-order valence-corrected chi connectivity index (χ1v) is 12.7. The van der Waals surface area contributed by atoms with Crippen molar-refractivity contribution in [2.45, 2.75) is 33.6 Å². The summed E-state index contributed by atoms with van der Waals surface area (Å²) in [6.07, 6.45) is 2.93. The second-order valence-electron chi connectivity index (χ2n) is 8.76. The summed E-state index contributed by atoms with van der Waals surface area (Å²) in [5.74, 6) is 2.38. The Labute approximate surface area is 212 Å². The molecule has 188 valence electrons. The molecule has 9 heteroatoms. The number of ether oxygens (including phenoxy) is 3.